The van der Waals surface area contributed by atoms with E-state index in [4.69, 9.17) is 0 Å². The lowest BCUT2D eigenvalue weighted by molar-refractivity contribution is -0.127. The Hall–Kier alpha value is -3.49. The lowest BCUT2D eigenvalue weighted by atomic mass is 9.95. The third kappa shape index (κ3) is 5.34. The molecule has 7 nitrogen and oxygen atoms in total. The van der Waals surface area contributed by atoms with E-state index in [0.29, 0.717) is 22.3 Å². The first kappa shape index (κ1) is 25.6. The van der Waals surface area contributed by atoms with Crippen LogP contribution in [-0.2, 0) is 27.2 Å². The van der Waals surface area contributed by atoms with Crippen LogP contribution in [0.1, 0.15) is 59.4 Å². The van der Waals surface area contributed by atoms with Gasteiger partial charge in [-0.25, -0.2) is 0 Å². The molecule has 1 aliphatic heterocycles. The van der Waals surface area contributed by atoms with Gasteiger partial charge in [0.05, 0.1) is 0 Å². The molecule has 0 bridgehead atoms. The summed E-state index contributed by atoms with van der Waals surface area (Å²) in [6.45, 7) is 7.46. The highest BCUT2D eigenvalue weighted by atomic mass is 32.2. The molecule has 0 aromatic heterocycles. The Kier molecular flexibility index (Phi) is 6.77. The number of carbonyl (C=O) groups is 2. The van der Waals surface area contributed by atoms with Crippen molar-refractivity contribution in [3.63, 3.8) is 0 Å². The fourth-order valence-corrected chi connectivity index (χ4v) is 5.40. The average Bonchev–Trinajstić information content (AvgIpc) is 3.07. The van der Waals surface area contributed by atoms with Crippen molar-refractivity contribution >= 4 is 21.9 Å². The summed E-state index contributed by atoms with van der Waals surface area (Å²) in [4.78, 5) is 28.9. The molecule has 8 heteroatoms. The Balaban J connectivity index is 1.81. The number of amides is 2. The second-order valence-electron chi connectivity index (χ2n) is 10.1. The van der Waals surface area contributed by atoms with Crippen molar-refractivity contribution in [3.8, 4) is 11.1 Å². The average molecular weight is 507 g/mol. The van der Waals surface area contributed by atoms with Gasteiger partial charge in [-0.15, -0.1) is 0 Å². The van der Waals surface area contributed by atoms with Gasteiger partial charge in [0.2, 0.25) is 5.91 Å². The third-order valence-corrected chi connectivity index (χ3v) is 6.89. The zero-order valence-electron chi connectivity index (χ0n) is 20.8. The minimum Gasteiger partial charge on any atom is -0.349 e. The number of nitrogens with one attached hydrogen (secondary N) is 1. The van der Waals surface area contributed by atoms with Crippen LogP contribution >= 0.6 is 0 Å². The molecule has 0 fully saturated rings. The molecule has 1 atom stereocenters. The summed E-state index contributed by atoms with van der Waals surface area (Å²) >= 11 is 0. The van der Waals surface area contributed by atoms with Crippen molar-refractivity contribution in [1.29, 1.82) is 0 Å². The van der Waals surface area contributed by atoms with Crippen LogP contribution < -0.4 is 5.32 Å². The monoisotopic (exact) mass is 506 g/mol. The molecule has 0 saturated carbocycles. The van der Waals surface area contributed by atoms with Gasteiger partial charge in [-0.2, -0.15) is 8.42 Å². The Bertz CT molecular complexity index is 1430. The molecule has 0 saturated heterocycles. The maximum Gasteiger partial charge on any atom is 0.269 e. The molecule has 1 aliphatic rings. The van der Waals surface area contributed by atoms with Gasteiger partial charge in [0.25, 0.3) is 16.0 Å². The molecule has 2 N–H and O–H groups in total. The normalized spacial score (nSPS) is 15.6. The van der Waals surface area contributed by atoms with Gasteiger partial charge in [0.15, 0.2) is 0 Å². The van der Waals surface area contributed by atoms with Crippen LogP contribution in [0, 0.1) is 6.92 Å². The highest BCUT2D eigenvalue weighted by molar-refractivity contribution is 7.85. The predicted octanol–water partition coefficient (Wildman–Crippen LogP) is 4.66. The zero-order valence-corrected chi connectivity index (χ0v) is 21.6. The highest BCUT2D eigenvalue weighted by Gasteiger charge is 2.43. The summed E-state index contributed by atoms with van der Waals surface area (Å²) < 4.78 is 32.5. The van der Waals surface area contributed by atoms with E-state index in [9.17, 15) is 22.6 Å². The summed E-state index contributed by atoms with van der Waals surface area (Å²) in [5.74, 6) is -1.26. The molecule has 36 heavy (non-hydrogen) atoms. The van der Waals surface area contributed by atoms with Crippen molar-refractivity contribution in [2.75, 3.05) is 0 Å². The van der Waals surface area contributed by atoms with Crippen molar-refractivity contribution in [3.05, 3.63) is 94.5 Å². The van der Waals surface area contributed by atoms with Crippen molar-refractivity contribution in [2.24, 2.45) is 0 Å². The third-order valence-electron chi connectivity index (χ3n) is 6.22. The number of hydrogen-bond donors (Lipinski definition) is 2. The smallest absolute Gasteiger partial charge is 0.269 e. The second-order valence-corrected chi connectivity index (χ2v) is 11.6. The first-order chi connectivity index (χ1) is 16.9. The topological polar surface area (TPSA) is 104 Å². The molecule has 188 valence electrons. The quantitative estimate of drug-likeness (QED) is 0.473. The van der Waals surface area contributed by atoms with E-state index in [-0.39, 0.29) is 18.4 Å². The fraction of sp³-hybridized carbons (Fsp3) is 0.286. The Morgan fingerprint density at radius 3 is 2.25 bits per heavy atom. The van der Waals surface area contributed by atoms with E-state index in [1.807, 2.05) is 75.4 Å². The largest absolute Gasteiger partial charge is 0.349 e. The van der Waals surface area contributed by atoms with Gasteiger partial charge in [0, 0.05) is 17.6 Å². The number of nitrogens with zero attached hydrogens (tertiary/aromatic N) is 1. The van der Waals surface area contributed by atoms with Gasteiger partial charge in [-0.1, -0.05) is 66.7 Å². The van der Waals surface area contributed by atoms with Crippen LogP contribution in [0.4, 0.5) is 0 Å². The van der Waals surface area contributed by atoms with Gasteiger partial charge in [-0.05, 0) is 61.1 Å². The van der Waals surface area contributed by atoms with E-state index >= 15 is 0 Å². The van der Waals surface area contributed by atoms with Crippen LogP contribution in [0.15, 0.2) is 66.7 Å². The molecular weight excluding hydrogens is 476 g/mol. The van der Waals surface area contributed by atoms with Crippen LogP contribution in [0.5, 0.6) is 0 Å². The molecule has 3 aromatic rings. The maximum absolute atomic E-state index is 13.8. The van der Waals surface area contributed by atoms with Gasteiger partial charge >= 0.3 is 0 Å². The first-order valence-corrected chi connectivity index (χ1v) is 13.3. The molecule has 0 radical (unpaired) electrons. The molecule has 4 rings (SSSR count). The Labute approximate surface area is 211 Å². The minimum atomic E-state index is -4.29. The predicted molar refractivity (Wildman–Crippen MR) is 139 cm³/mol. The lowest BCUT2D eigenvalue weighted by Gasteiger charge is -2.29. The Morgan fingerprint density at radius 1 is 0.972 bits per heavy atom. The van der Waals surface area contributed by atoms with Crippen molar-refractivity contribution in [2.45, 2.75) is 51.6 Å². The van der Waals surface area contributed by atoms with E-state index in [1.165, 1.54) is 4.90 Å². The Morgan fingerprint density at radius 2 is 1.61 bits per heavy atom. The number of fused-ring (bicyclic) bond motifs is 1. The van der Waals surface area contributed by atoms with E-state index in [0.717, 1.165) is 16.7 Å². The first-order valence-electron chi connectivity index (χ1n) is 11.7. The summed E-state index contributed by atoms with van der Waals surface area (Å²) in [5.41, 5.74) is 3.93. The standard InChI is InChI=1S/C28H30N2O5S/c1-18-21(17-36(33,34)35)14-15-23-24(18)27(32)30(25(23)26(31)29-28(2,3)4)16-20-12-8-9-13-22(20)19-10-6-5-7-11-19/h5-15,25H,16-17H2,1-4H3,(H,29,31)(H,33,34,35). The molecule has 0 aliphatic carbocycles. The summed E-state index contributed by atoms with van der Waals surface area (Å²) in [5, 5.41) is 2.99. The lowest BCUT2D eigenvalue weighted by Crippen LogP contribution is -2.46. The van der Waals surface area contributed by atoms with Crippen LogP contribution in [0.25, 0.3) is 11.1 Å². The molecule has 0 spiro atoms. The van der Waals surface area contributed by atoms with E-state index in [2.05, 4.69) is 5.32 Å². The van der Waals surface area contributed by atoms with Crippen molar-refractivity contribution < 1.29 is 22.6 Å². The number of rotatable bonds is 6. The number of benzene rings is 3. The van der Waals surface area contributed by atoms with Gasteiger partial charge in [-0.3, -0.25) is 14.1 Å². The number of carbonyl (C=O) groups excluding carboxylic acids is 2. The van der Waals surface area contributed by atoms with Gasteiger partial charge < -0.3 is 10.2 Å². The van der Waals surface area contributed by atoms with Crippen LogP contribution in [0.3, 0.4) is 0 Å². The van der Waals surface area contributed by atoms with E-state index in [1.54, 1.807) is 19.1 Å². The zero-order chi connectivity index (χ0) is 26.3. The molecular formula is C28H30N2O5S. The highest BCUT2D eigenvalue weighted by Crippen LogP contribution is 2.39. The fourth-order valence-electron chi connectivity index (χ4n) is 4.69. The number of hydrogen-bond acceptors (Lipinski definition) is 4. The second kappa shape index (κ2) is 9.52. The summed E-state index contributed by atoms with van der Waals surface area (Å²) in [6, 6.07) is 19.9. The summed E-state index contributed by atoms with van der Waals surface area (Å²) in [6.07, 6.45) is 0. The van der Waals surface area contributed by atoms with Crippen molar-refractivity contribution in [1.82, 2.24) is 10.2 Å². The molecule has 1 heterocycles. The SMILES string of the molecule is Cc1c(CS(=O)(=O)O)ccc2c1C(=O)N(Cc1ccccc1-c1ccccc1)C2C(=O)NC(C)(C)C. The van der Waals surface area contributed by atoms with E-state index < -0.39 is 27.5 Å². The van der Waals surface area contributed by atoms with Crippen LogP contribution in [0.2, 0.25) is 0 Å². The minimum absolute atomic E-state index is 0.188. The van der Waals surface area contributed by atoms with Gasteiger partial charge in [0.1, 0.15) is 11.8 Å². The molecule has 1 unspecified atom stereocenters. The molecule has 2 amide bonds. The maximum atomic E-state index is 13.8. The molecule has 3 aromatic carbocycles. The van der Waals surface area contributed by atoms with Crippen LogP contribution in [-0.4, -0.2) is 35.2 Å². The summed E-state index contributed by atoms with van der Waals surface area (Å²) in [7, 11) is -4.29.